The highest BCUT2D eigenvalue weighted by Gasteiger charge is 2.17. The fourth-order valence-corrected chi connectivity index (χ4v) is 2.06. The monoisotopic (exact) mass is 298 g/mol. The number of aromatic amines is 1. The summed E-state index contributed by atoms with van der Waals surface area (Å²) in [5.41, 5.74) is 7.51. The maximum atomic E-state index is 12.0. The summed E-state index contributed by atoms with van der Waals surface area (Å²) < 4.78 is 0. The lowest BCUT2D eigenvalue weighted by molar-refractivity contribution is 0.102. The van der Waals surface area contributed by atoms with Crippen LogP contribution in [0.15, 0.2) is 18.2 Å². The standard InChI is InChI=1S/C12H12Cl2N4O/c1-2-8-10(15)11(18-17-8)12(19)16-9-4-3-6(13)5-7(9)14/h3-5H,2,15H2,1H3,(H,16,19)(H,17,18). The third kappa shape index (κ3) is 2.83. The van der Waals surface area contributed by atoms with Crippen molar-refractivity contribution in [3.8, 4) is 0 Å². The Balaban J connectivity index is 2.23. The molecule has 100 valence electrons. The highest BCUT2D eigenvalue weighted by atomic mass is 35.5. The number of anilines is 2. The van der Waals surface area contributed by atoms with Crippen molar-refractivity contribution >= 4 is 40.5 Å². The molecule has 1 heterocycles. The lowest BCUT2D eigenvalue weighted by Crippen LogP contribution is -2.14. The smallest absolute Gasteiger partial charge is 0.278 e. The van der Waals surface area contributed by atoms with E-state index < -0.39 is 5.91 Å². The quantitative estimate of drug-likeness (QED) is 0.814. The second-order valence-electron chi connectivity index (χ2n) is 3.90. The molecule has 1 aromatic heterocycles. The molecule has 0 aliphatic rings. The minimum Gasteiger partial charge on any atom is -0.395 e. The Morgan fingerprint density at radius 1 is 1.47 bits per heavy atom. The number of hydrogen-bond acceptors (Lipinski definition) is 3. The van der Waals surface area contributed by atoms with Gasteiger partial charge in [-0.1, -0.05) is 30.1 Å². The molecule has 0 radical (unpaired) electrons. The van der Waals surface area contributed by atoms with Crippen molar-refractivity contribution in [2.24, 2.45) is 0 Å². The van der Waals surface area contributed by atoms with Crippen molar-refractivity contribution in [3.05, 3.63) is 39.6 Å². The summed E-state index contributed by atoms with van der Waals surface area (Å²) >= 11 is 11.8. The van der Waals surface area contributed by atoms with Crippen LogP contribution in [0.5, 0.6) is 0 Å². The molecule has 0 atom stereocenters. The number of nitrogens with one attached hydrogen (secondary N) is 2. The van der Waals surface area contributed by atoms with Gasteiger partial charge in [0, 0.05) is 5.02 Å². The van der Waals surface area contributed by atoms with Crippen LogP contribution in [-0.2, 0) is 6.42 Å². The molecule has 0 unspecified atom stereocenters. The maximum absolute atomic E-state index is 12.0. The number of hydrogen-bond donors (Lipinski definition) is 3. The number of aryl methyl sites for hydroxylation is 1. The van der Waals surface area contributed by atoms with Crippen LogP contribution >= 0.6 is 23.2 Å². The number of nitrogen functional groups attached to an aromatic ring is 1. The van der Waals surface area contributed by atoms with Gasteiger partial charge in [0.1, 0.15) is 0 Å². The highest BCUT2D eigenvalue weighted by Crippen LogP contribution is 2.26. The summed E-state index contributed by atoms with van der Waals surface area (Å²) in [6.45, 7) is 1.92. The van der Waals surface area contributed by atoms with Crippen LogP contribution in [-0.4, -0.2) is 16.1 Å². The van der Waals surface area contributed by atoms with Crippen molar-refractivity contribution < 1.29 is 4.79 Å². The highest BCUT2D eigenvalue weighted by molar-refractivity contribution is 6.36. The third-order valence-electron chi connectivity index (χ3n) is 2.63. The normalized spacial score (nSPS) is 10.5. The van der Waals surface area contributed by atoms with E-state index in [1.165, 1.54) is 0 Å². The molecule has 1 amide bonds. The van der Waals surface area contributed by atoms with Crippen LogP contribution in [0.4, 0.5) is 11.4 Å². The summed E-state index contributed by atoms with van der Waals surface area (Å²) in [4.78, 5) is 12.0. The van der Waals surface area contributed by atoms with Gasteiger partial charge in [-0.25, -0.2) is 0 Å². The Kier molecular flexibility index (Phi) is 3.97. The van der Waals surface area contributed by atoms with E-state index in [0.29, 0.717) is 27.8 Å². The zero-order chi connectivity index (χ0) is 14.0. The lowest BCUT2D eigenvalue weighted by atomic mass is 10.2. The van der Waals surface area contributed by atoms with Gasteiger partial charge in [-0.2, -0.15) is 5.10 Å². The number of amides is 1. The topological polar surface area (TPSA) is 83.8 Å². The summed E-state index contributed by atoms with van der Waals surface area (Å²) in [6.07, 6.45) is 0.674. The second-order valence-corrected chi connectivity index (χ2v) is 4.74. The molecule has 4 N–H and O–H groups in total. The number of carbonyl (C=O) groups is 1. The molecule has 0 saturated heterocycles. The van der Waals surface area contributed by atoms with Crippen LogP contribution in [0.3, 0.4) is 0 Å². The van der Waals surface area contributed by atoms with Crippen molar-refractivity contribution in [1.29, 1.82) is 0 Å². The van der Waals surface area contributed by atoms with Crippen LogP contribution < -0.4 is 11.1 Å². The van der Waals surface area contributed by atoms with E-state index in [1.54, 1.807) is 18.2 Å². The molecule has 2 rings (SSSR count). The van der Waals surface area contributed by atoms with Gasteiger partial charge < -0.3 is 11.1 Å². The van der Waals surface area contributed by atoms with E-state index in [9.17, 15) is 4.79 Å². The number of aromatic nitrogens is 2. The van der Waals surface area contributed by atoms with Gasteiger partial charge in [-0.15, -0.1) is 0 Å². The minimum absolute atomic E-state index is 0.155. The van der Waals surface area contributed by atoms with Crippen LogP contribution in [0.1, 0.15) is 23.1 Å². The Morgan fingerprint density at radius 3 is 2.79 bits per heavy atom. The third-order valence-corrected chi connectivity index (χ3v) is 3.18. The van der Waals surface area contributed by atoms with E-state index >= 15 is 0 Å². The Morgan fingerprint density at radius 2 is 2.21 bits per heavy atom. The SMILES string of the molecule is CCc1[nH]nc(C(=O)Nc2ccc(Cl)cc2Cl)c1N. The van der Waals surface area contributed by atoms with Crippen molar-refractivity contribution in [1.82, 2.24) is 10.2 Å². The summed E-state index contributed by atoms with van der Waals surface area (Å²) in [6, 6.07) is 4.80. The first-order valence-corrected chi connectivity index (χ1v) is 6.37. The number of rotatable bonds is 3. The largest absolute Gasteiger partial charge is 0.395 e. The van der Waals surface area contributed by atoms with Crippen LogP contribution in [0.2, 0.25) is 10.0 Å². The zero-order valence-electron chi connectivity index (χ0n) is 10.1. The molecule has 0 saturated carbocycles. The zero-order valence-corrected chi connectivity index (χ0v) is 11.6. The molecule has 0 fully saturated rings. The first-order chi connectivity index (χ1) is 9.02. The first kappa shape index (κ1) is 13.7. The number of nitrogens with two attached hydrogens (primary N) is 1. The Labute approximate surface area is 120 Å². The molecular formula is C12H12Cl2N4O. The average molecular weight is 299 g/mol. The van der Waals surface area contributed by atoms with Gasteiger partial charge in [0.15, 0.2) is 5.69 Å². The van der Waals surface area contributed by atoms with Gasteiger partial charge in [0.05, 0.1) is 22.1 Å². The van der Waals surface area contributed by atoms with Gasteiger partial charge >= 0.3 is 0 Å². The van der Waals surface area contributed by atoms with Crippen molar-refractivity contribution in [2.45, 2.75) is 13.3 Å². The number of nitrogens with zero attached hydrogens (tertiary/aromatic N) is 1. The van der Waals surface area contributed by atoms with Crippen molar-refractivity contribution in [3.63, 3.8) is 0 Å². The van der Waals surface area contributed by atoms with E-state index in [2.05, 4.69) is 15.5 Å². The van der Waals surface area contributed by atoms with Crippen LogP contribution in [0, 0.1) is 0 Å². The summed E-state index contributed by atoms with van der Waals surface area (Å²) in [5, 5.41) is 10.1. The summed E-state index contributed by atoms with van der Waals surface area (Å²) in [5.74, 6) is -0.419. The van der Waals surface area contributed by atoms with E-state index in [4.69, 9.17) is 28.9 Å². The van der Waals surface area contributed by atoms with E-state index in [-0.39, 0.29) is 5.69 Å². The fourth-order valence-electron chi connectivity index (χ4n) is 1.60. The van der Waals surface area contributed by atoms with Gasteiger partial charge in [-0.3, -0.25) is 9.89 Å². The fraction of sp³-hybridized carbons (Fsp3) is 0.167. The number of H-pyrrole nitrogens is 1. The molecule has 0 spiro atoms. The molecular weight excluding hydrogens is 287 g/mol. The Bertz CT molecular complexity index is 624. The van der Waals surface area contributed by atoms with Gasteiger partial charge in [0.25, 0.3) is 5.91 Å². The molecule has 0 aliphatic heterocycles. The predicted octanol–water partition coefficient (Wildman–Crippen LogP) is 3.11. The molecule has 5 nitrogen and oxygen atoms in total. The molecule has 19 heavy (non-hydrogen) atoms. The maximum Gasteiger partial charge on any atom is 0.278 e. The molecule has 1 aromatic carbocycles. The first-order valence-electron chi connectivity index (χ1n) is 5.62. The molecule has 7 heteroatoms. The Hall–Kier alpha value is -1.72. The van der Waals surface area contributed by atoms with E-state index in [1.807, 2.05) is 6.92 Å². The predicted molar refractivity (Wildman–Crippen MR) is 76.8 cm³/mol. The molecule has 2 aromatic rings. The second kappa shape index (κ2) is 5.50. The molecule has 0 bridgehead atoms. The molecule has 0 aliphatic carbocycles. The summed E-state index contributed by atoms with van der Waals surface area (Å²) in [7, 11) is 0. The van der Waals surface area contributed by atoms with Gasteiger partial charge in [0.2, 0.25) is 0 Å². The number of carbonyl (C=O) groups excluding carboxylic acids is 1. The van der Waals surface area contributed by atoms with Gasteiger partial charge in [-0.05, 0) is 24.6 Å². The number of halogens is 2. The van der Waals surface area contributed by atoms with Crippen molar-refractivity contribution in [2.75, 3.05) is 11.1 Å². The average Bonchev–Trinajstić information content (AvgIpc) is 2.74. The van der Waals surface area contributed by atoms with E-state index in [0.717, 1.165) is 5.69 Å². The van der Waals surface area contributed by atoms with Crippen LogP contribution in [0.25, 0.3) is 0 Å². The number of benzene rings is 1. The minimum atomic E-state index is -0.419. The lowest BCUT2D eigenvalue weighted by Gasteiger charge is -2.06.